The van der Waals surface area contributed by atoms with E-state index in [1.54, 1.807) is 18.4 Å². The molecule has 1 atom stereocenters. The summed E-state index contributed by atoms with van der Waals surface area (Å²) in [5.74, 6) is 0.186. The highest BCUT2D eigenvalue weighted by Crippen LogP contribution is 2.40. The van der Waals surface area contributed by atoms with Crippen molar-refractivity contribution < 1.29 is 22.7 Å². The topological polar surface area (TPSA) is 120 Å². The van der Waals surface area contributed by atoms with E-state index in [1.807, 2.05) is 4.72 Å². The molecule has 0 aromatic carbocycles. The van der Waals surface area contributed by atoms with Crippen molar-refractivity contribution in [1.82, 2.24) is 14.7 Å². The number of amides is 2. The van der Waals surface area contributed by atoms with Gasteiger partial charge < -0.3 is 9.47 Å². The van der Waals surface area contributed by atoms with Crippen LogP contribution in [0.4, 0.5) is 10.7 Å². The van der Waals surface area contributed by atoms with Crippen LogP contribution in [0.3, 0.4) is 0 Å². The monoisotopic (exact) mass is 360 g/mol. The molecule has 1 aliphatic heterocycles. The molecule has 11 heteroatoms. The second kappa shape index (κ2) is 6.62. The third-order valence-corrected chi connectivity index (χ3v) is 6.72. The van der Waals surface area contributed by atoms with Gasteiger partial charge in [-0.25, -0.2) is 17.9 Å². The average molecular weight is 360 g/mol. The van der Waals surface area contributed by atoms with E-state index in [9.17, 15) is 13.2 Å². The molecule has 2 heterocycles. The van der Waals surface area contributed by atoms with Crippen molar-refractivity contribution in [3.63, 3.8) is 0 Å². The Morgan fingerprint density at radius 1 is 1.30 bits per heavy atom. The number of anilines is 1. The molecule has 0 saturated heterocycles. The molecule has 1 aromatic heterocycles. The number of hydrogen-bond donors (Lipinski definition) is 2. The standard InChI is InChI=1S/C12H16N4O5S2/c1-12(5-4-6-22-12)23(18,19)16-11(17)15-10-13-8(20-2)7-9(14-10)21-3/h4,6-7H,5H2,1-3H3,(H2,13,14,15,16,17). The van der Waals surface area contributed by atoms with Gasteiger partial charge in [0.2, 0.25) is 17.7 Å². The Kier molecular flexibility index (Phi) is 5.00. The smallest absolute Gasteiger partial charge is 0.335 e. The van der Waals surface area contributed by atoms with E-state index in [1.165, 1.54) is 20.3 Å². The third-order valence-electron chi connectivity index (χ3n) is 3.02. The fourth-order valence-corrected chi connectivity index (χ4v) is 4.00. The number of carbonyl (C=O) groups is 1. The number of aromatic nitrogens is 2. The van der Waals surface area contributed by atoms with Crippen molar-refractivity contribution in [2.75, 3.05) is 19.5 Å². The first kappa shape index (κ1) is 17.3. The maximum Gasteiger partial charge on any atom is 0.335 e. The lowest BCUT2D eigenvalue weighted by Crippen LogP contribution is -2.44. The first-order valence-electron chi connectivity index (χ1n) is 6.43. The van der Waals surface area contributed by atoms with Gasteiger partial charge in [0, 0.05) is 0 Å². The number of sulfonamides is 1. The predicted octanol–water partition coefficient (Wildman–Crippen LogP) is 1.31. The maximum atomic E-state index is 12.3. The summed E-state index contributed by atoms with van der Waals surface area (Å²) in [4.78, 5) is 19.7. The van der Waals surface area contributed by atoms with Gasteiger partial charge in [0.15, 0.2) is 0 Å². The second-order valence-corrected chi connectivity index (χ2v) is 8.44. The predicted molar refractivity (Wildman–Crippen MR) is 86.0 cm³/mol. The van der Waals surface area contributed by atoms with Crippen molar-refractivity contribution in [3.05, 3.63) is 17.6 Å². The Morgan fingerprint density at radius 3 is 2.39 bits per heavy atom. The van der Waals surface area contributed by atoms with Gasteiger partial charge in [-0.3, -0.25) is 5.32 Å². The molecule has 23 heavy (non-hydrogen) atoms. The van der Waals surface area contributed by atoms with E-state index in [0.29, 0.717) is 6.42 Å². The van der Waals surface area contributed by atoms with Crippen molar-refractivity contribution in [1.29, 1.82) is 0 Å². The molecule has 126 valence electrons. The second-order valence-electron chi connectivity index (χ2n) is 4.66. The van der Waals surface area contributed by atoms with Crippen molar-refractivity contribution in [2.45, 2.75) is 17.4 Å². The summed E-state index contributed by atoms with van der Waals surface area (Å²) >= 11 is 1.13. The van der Waals surface area contributed by atoms with Gasteiger partial charge in [-0.2, -0.15) is 9.97 Å². The Labute approximate surface area is 137 Å². The Hall–Kier alpha value is -2.01. The lowest BCUT2D eigenvalue weighted by molar-refractivity contribution is 0.256. The van der Waals surface area contributed by atoms with Crippen LogP contribution in [0.25, 0.3) is 0 Å². The lowest BCUT2D eigenvalue weighted by Gasteiger charge is -2.22. The number of hydrogen-bond acceptors (Lipinski definition) is 8. The summed E-state index contributed by atoms with van der Waals surface area (Å²) in [7, 11) is -1.11. The maximum absolute atomic E-state index is 12.3. The summed E-state index contributed by atoms with van der Waals surface area (Å²) in [6.07, 6.45) is 2.04. The Balaban J connectivity index is 2.10. The van der Waals surface area contributed by atoms with Crippen LogP contribution in [0.15, 0.2) is 17.6 Å². The molecule has 0 bridgehead atoms. The molecule has 2 rings (SSSR count). The van der Waals surface area contributed by atoms with Crippen LogP contribution in [-0.2, 0) is 10.0 Å². The van der Waals surface area contributed by atoms with Gasteiger partial charge in [0.25, 0.3) is 10.0 Å². The van der Waals surface area contributed by atoms with Gasteiger partial charge in [0.05, 0.1) is 20.3 Å². The number of thioether (sulfide) groups is 1. The zero-order valence-corrected chi connectivity index (χ0v) is 14.3. The van der Waals surface area contributed by atoms with E-state index in [-0.39, 0.29) is 17.7 Å². The lowest BCUT2D eigenvalue weighted by atomic mass is 10.3. The Morgan fingerprint density at radius 2 is 1.91 bits per heavy atom. The molecule has 9 nitrogen and oxygen atoms in total. The normalized spacial score (nSPS) is 20.1. The molecule has 0 spiro atoms. The van der Waals surface area contributed by atoms with E-state index >= 15 is 0 Å². The van der Waals surface area contributed by atoms with Crippen LogP contribution in [0, 0.1) is 0 Å². The number of ether oxygens (including phenoxy) is 2. The number of nitrogens with zero attached hydrogens (tertiary/aromatic N) is 2. The number of methoxy groups -OCH3 is 2. The third kappa shape index (κ3) is 3.85. The summed E-state index contributed by atoms with van der Waals surface area (Å²) in [5.41, 5.74) is 0. The average Bonchev–Trinajstić information content (AvgIpc) is 2.94. The van der Waals surface area contributed by atoms with Crippen LogP contribution in [0.1, 0.15) is 13.3 Å². The van der Waals surface area contributed by atoms with Crippen molar-refractivity contribution >= 4 is 33.8 Å². The zero-order valence-electron chi connectivity index (χ0n) is 12.7. The summed E-state index contributed by atoms with van der Waals surface area (Å²) in [5, 5.41) is 3.93. The molecule has 0 fully saturated rings. The molecule has 1 aromatic rings. The van der Waals surface area contributed by atoms with E-state index in [4.69, 9.17) is 9.47 Å². The largest absolute Gasteiger partial charge is 0.481 e. The molecule has 1 unspecified atom stereocenters. The molecule has 0 radical (unpaired) electrons. The zero-order chi connectivity index (χ0) is 17.1. The van der Waals surface area contributed by atoms with Gasteiger partial charge in [-0.05, 0) is 18.8 Å². The van der Waals surface area contributed by atoms with Gasteiger partial charge in [-0.1, -0.05) is 6.08 Å². The highest BCUT2D eigenvalue weighted by Gasteiger charge is 2.41. The fraction of sp³-hybridized carbons (Fsp3) is 0.417. The highest BCUT2D eigenvalue weighted by molar-refractivity contribution is 8.16. The fourth-order valence-electron chi connectivity index (χ4n) is 1.70. The number of allylic oxidation sites excluding steroid dienone is 1. The molecular formula is C12H16N4O5S2. The molecule has 0 saturated carbocycles. The first-order valence-corrected chi connectivity index (χ1v) is 8.79. The van der Waals surface area contributed by atoms with Crippen molar-refractivity contribution in [3.8, 4) is 11.8 Å². The SMILES string of the molecule is COc1cc(OC)nc(NC(=O)NS(=O)(=O)C2(C)CC=CS2)n1. The Bertz CT molecular complexity index is 705. The van der Waals surface area contributed by atoms with Gasteiger partial charge >= 0.3 is 6.03 Å². The molecule has 1 aliphatic rings. The number of nitrogens with one attached hydrogen (secondary N) is 2. The minimum absolute atomic E-state index is 0.142. The van der Waals surface area contributed by atoms with Gasteiger partial charge in [0.1, 0.15) is 4.08 Å². The summed E-state index contributed by atoms with van der Waals surface area (Å²) in [6.45, 7) is 1.54. The minimum atomic E-state index is -3.89. The highest BCUT2D eigenvalue weighted by atomic mass is 32.3. The van der Waals surface area contributed by atoms with E-state index < -0.39 is 20.1 Å². The van der Waals surface area contributed by atoms with Gasteiger partial charge in [-0.15, -0.1) is 11.8 Å². The van der Waals surface area contributed by atoms with Crippen LogP contribution < -0.4 is 19.5 Å². The molecule has 2 amide bonds. The molecule has 2 N–H and O–H groups in total. The minimum Gasteiger partial charge on any atom is -0.481 e. The summed E-state index contributed by atoms with van der Waals surface area (Å²) in [6, 6.07) is 0.454. The number of carbonyl (C=O) groups excluding carboxylic acids is 1. The quantitative estimate of drug-likeness (QED) is 0.806. The molecule has 0 aliphatic carbocycles. The van der Waals surface area contributed by atoms with Crippen LogP contribution >= 0.6 is 11.8 Å². The number of rotatable bonds is 5. The molecular weight excluding hydrogens is 344 g/mol. The number of urea groups is 1. The van der Waals surface area contributed by atoms with E-state index in [0.717, 1.165) is 11.8 Å². The first-order chi connectivity index (χ1) is 10.8. The summed E-state index contributed by atoms with van der Waals surface area (Å²) < 4.78 is 35.3. The van der Waals surface area contributed by atoms with E-state index in [2.05, 4.69) is 15.3 Å². The van der Waals surface area contributed by atoms with Crippen LogP contribution in [-0.4, -0.2) is 42.7 Å². The van der Waals surface area contributed by atoms with Crippen LogP contribution in [0.2, 0.25) is 0 Å². The van der Waals surface area contributed by atoms with Crippen molar-refractivity contribution in [2.24, 2.45) is 0 Å². The van der Waals surface area contributed by atoms with Crippen LogP contribution in [0.5, 0.6) is 11.8 Å².